The van der Waals surface area contributed by atoms with Gasteiger partial charge in [-0.2, -0.15) is 0 Å². The SMILES string of the molecule is CCOC(=O)c1ccc(NC(=O)C2CCCN(S(=O)(=O)CCOC)C2)cc1. The quantitative estimate of drug-likeness (QED) is 0.666. The molecule has 1 unspecified atom stereocenters. The highest BCUT2D eigenvalue weighted by atomic mass is 32.2. The number of ether oxygens (including phenoxy) is 2. The zero-order valence-electron chi connectivity index (χ0n) is 15.6. The fourth-order valence-corrected chi connectivity index (χ4v) is 4.33. The summed E-state index contributed by atoms with van der Waals surface area (Å²) in [7, 11) is -1.97. The Hall–Kier alpha value is -1.97. The number of methoxy groups -OCH3 is 1. The lowest BCUT2D eigenvalue weighted by Crippen LogP contribution is -2.45. The average molecular weight is 398 g/mol. The van der Waals surface area contributed by atoms with E-state index in [0.717, 1.165) is 0 Å². The van der Waals surface area contributed by atoms with E-state index in [2.05, 4.69) is 5.32 Å². The largest absolute Gasteiger partial charge is 0.462 e. The minimum atomic E-state index is -3.43. The highest BCUT2D eigenvalue weighted by molar-refractivity contribution is 7.89. The second-order valence-corrected chi connectivity index (χ2v) is 8.38. The molecule has 1 fully saturated rings. The molecule has 0 spiro atoms. The molecule has 8 nitrogen and oxygen atoms in total. The Balaban J connectivity index is 1.96. The maximum Gasteiger partial charge on any atom is 0.338 e. The average Bonchev–Trinajstić information content (AvgIpc) is 2.67. The highest BCUT2D eigenvalue weighted by Crippen LogP contribution is 2.21. The van der Waals surface area contributed by atoms with Crippen molar-refractivity contribution >= 4 is 27.6 Å². The van der Waals surface area contributed by atoms with Crippen molar-refractivity contribution in [3.8, 4) is 0 Å². The number of carbonyl (C=O) groups excluding carboxylic acids is 2. The molecule has 27 heavy (non-hydrogen) atoms. The normalized spacial score (nSPS) is 18.1. The lowest BCUT2D eigenvalue weighted by molar-refractivity contribution is -0.120. The van der Waals surface area contributed by atoms with E-state index in [-0.39, 0.29) is 24.8 Å². The molecule has 1 amide bonds. The minimum absolute atomic E-state index is 0.0901. The van der Waals surface area contributed by atoms with E-state index >= 15 is 0 Å². The van der Waals surface area contributed by atoms with E-state index in [4.69, 9.17) is 9.47 Å². The Bertz CT molecular complexity index is 748. The molecule has 1 heterocycles. The van der Waals surface area contributed by atoms with Crippen LogP contribution in [0.3, 0.4) is 0 Å². The van der Waals surface area contributed by atoms with Gasteiger partial charge >= 0.3 is 5.97 Å². The number of amides is 1. The maximum absolute atomic E-state index is 12.5. The van der Waals surface area contributed by atoms with Gasteiger partial charge in [-0.15, -0.1) is 0 Å². The fourth-order valence-electron chi connectivity index (χ4n) is 2.88. The van der Waals surface area contributed by atoms with Crippen molar-refractivity contribution in [2.75, 3.05) is 44.5 Å². The van der Waals surface area contributed by atoms with Crippen molar-refractivity contribution in [1.82, 2.24) is 4.31 Å². The number of benzene rings is 1. The monoisotopic (exact) mass is 398 g/mol. The lowest BCUT2D eigenvalue weighted by atomic mass is 9.98. The van der Waals surface area contributed by atoms with Crippen LogP contribution in [0.4, 0.5) is 5.69 Å². The Kier molecular flexibility index (Phi) is 7.76. The van der Waals surface area contributed by atoms with Gasteiger partial charge in [0.25, 0.3) is 0 Å². The van der Waals surface area contributed by atoms with Crippen LogP contribution in [0.15, 0.2) is 24.3 Å². The second kappa shape index (κ2) is 9.82. The predicted molar refractivity (Wildman–Crippen MR) is 101 cm³/mol. The van der Waals surface area contributed by atoms with E-state index < -0.39 is 21.9 Å². The molecule has 0 saturated carbocycles. The first-order valence-electron chi connectivity index (χ1n) is 8.92. The first kappa shape index (κ1) is 21.3. The van der Waals surface area contributed by atoms with Crippen LogP contribution in [0.5, 0.6) is 0 Å². The third-order valence-corrected chi connectivity index (χ3v) is 6.16. The Morgan fingerprint density at radius 3 is 2.59 bits per heavy atom. The second-order valence-electron chi connectivity index (χ2n) is 6.29. The maximum atomic E-state index is 12.5. The summed E-state index contributed by atoms with van der Waals surface area (Å²) in [6.07, 6.45) is 1.26. The smallest absolute Gasteiger partial charge is 0.338 e. The molecule has 2 rings (SSSR count). The van der Waals surface area contributed by atoms with Crippen molar-refractivity contribution in [3.63, 3.8) is 0 Å². The van der Waals surface area contributed by atoms with Gasteiger partial charge in [0.15, 0.2) is 0 Å². The van der Waals surface area contributed by atoms with Crippen molar-refractivity contribution in [3.05, 3.63) is 29.8 Å². The van der Waals surface area contributed by atoms with Crippen molar-refractivity contribution in [2.24, 2.45) is 5.92 Å². The zero-order chi connectivity index (χ0) is 19.9. The number of piperidine rings is 1. The van der Waals surface area contributed by atoms with Crippen LogP contribution in [0.1, 0.15) is 30.1 Å². The summed E-state index contributed by atoms with van der Waals surface area (Å²) in [6.45, 7) is 2.74. The standard InChI is InChI=1S/C18H26N2O6S/c1-3-26-18(22)14-6-8-16(9-7-14)19-17(21)15-5-4-10-20(13-15)27(23,24)12-11-25-2/h6-9,15H,3-5,10-13H2,1-2H3,(H,19,21). The molecule has 1 aromatic carbocycles. The summed E-state index contributed by atoms with van der Waals surface area (Å²) in [6, 6.07) is 6.41. The molecule has 0 aromatic heterocycles. The summed E-state index contributed by atoms with van der Waals surface area (Å²) in [5.74, 6) is -1.15. The molecule has 150 valence electrons. The molecule has 0 aliphatic carbocycles. The molecule has 1 atom stereocenters. The predicted octanol–water partition coefficient (Wildman–Crippen LogP) is 1.49. The number of carbonyl (C=O) groups is 2. The van der Waals surface area contributed by atoms with Crippen LogP contribution in [0.25, 0.3) is 0 Å². The third-order valence-electron chi connectivity index (χ3n) is 4.36. The van der Waals surface area contributed by atoms with E-state index in [1.807, 2.05) is 0 Å². The van der Waals surface area contributed by atoms with Crippen molar-refractivity contribution in [2.45, 2.75) is 19.8 Å². The van der Waals surface area contributed by atoms with E-state index in [1.165, 1.54) is 11.4 Å². The number of hydrogen-bond acceptors (Lipinski definition) is 6. The molecule has 1 aliphatic heterocycles. The molecule has 9 heteroatoms. The first-order chi connectivity index (χ1) is 12.9. The van der Waals surface area contributed by atoms with Crippen LogP contribution >= 0.6 is 0 Å². The highest BCUT2D eigenvalue weighted by Gasteiger charge is 2.32. The number of nitrogens with one attached hydrogen (secondary N) is 1. The number of esters is 1. The molecule has 0 bridgehead atoms. The fraction of sp³-hybridized carbons (Fsp3) is 0.556. The van der Waals surface area contributed by atoms with Gasteiger partial charge in [0.2, 0.25) is 15.9 Å². The van der Waals surface area contributed by atoms with Gasteiger partial charge in [-0.05, 0) is 44.0 Å². The molecule has 1 N–H and O–H groups in total. The van der Waals surface area contributed by atoms with E-state index in [1.54, 1.807) is 31.2 Å². The van der Waals surface area contributed by atoms with Crippen molar-refractivity contribution < 1.29 is 27.5 Å². The number of nitrogens with zero attached hydrogens (tertiary/aromatic N) is 1. The first-order valence-corrected chi connectivity index (χ1v) is 10.5. The zero-order valence-corrected chi connectivity index (χ0v) is 16.5. The Morgan fingerprint density at radius 2 is 1.96 bits per heavy atom. The lowest BCUT2D eigenvalue weighted by Gasteiger charge is -2.31. The third kappa shape index (κ3) is 6.02. The minimum Gasteiger partial charge on any atom is -0.462 e. The number of rotatable bonds is 8. The van der Waals surface area contributed by atoms with E-state index in [0.29, 0.717) is 37.2 Å². The molecule has 0 radical (unpaired) electrons. The van der Waals surface area contributed by atoms with Crippen LogP contribution < -0.4 is 5.32 Å². The van der Waals surface area contributed by atoms with Gasteiger partial charge in [-0.3, -0.25) is 4.79 Å². The Morgan fingerprint density at radius 1 is 1.26 bits per heavy atom. The molecule has 1 aliphatic rings. The van der Waals surface area contributed by atoms with Gasteiger partial charge in [-0.1, -0.05) is 0 Å². The Labute approximate surface area is 159 Å². The van der Waals surface area contributed by atoms with Crippen LogP contribution in [0.2, 0.25) is 0 Å². The summed E-state index contributed by atoms with van der Waals surface area (Å²) >= 11 is 0. The van der Waals surface area contributed by atoms with Gasteiger partial charge in [0, 0.05) is 25.9 Å². The van der Waals surface area contributed by atoms with Crippen LogP contribution in [-0.4, -0.2) is 63.8 Å². The molecule has 1 aromatic rings. The van der Waals surface area contributed by atoms with Gasteiger partial charge in [0.1, 0.15) is 0 Å². The molecule has 1 saturated heterocycles. The summed E-state index contributed by atoms with van der Waals surface area (Å²) in [5, 5.41) is 2.79. The van der Waals surface area contributed by atoms with Crippen LogP contribution in [-0.2, 0) is 24.3 Å². The summed E-state index contributed by atoms with van der Waals surface area (Å²) in [4.78, 5) is 24.2. The number of anilines is 1. The van der Waals surface area contributed by atoms with Crippen LogP contribution in [0, 0.1) is 5.92 Å². The van der Waals surface area contributed by atoms with Gasteiger partial charge < -0.3 is 14.8 Å². The molecular weight excluding hydrogens is 372 g/mol. The van der Waals surface area contributed by atoms with Gasteiger partial charge in [0.05, 0.1) is 30.4 Å². The topological polar surface area (TPSA) is 102 Å². The van der Waals surface area contributed by atoms with Crippen molar-refractivity contribution in [1.29, 1.82) is 0 Å². The van der Waals surface area contributed by atoms with E-state index in [9.17, 15) is 18.0 Å². The number of hydrogen-bond donors (Lipinski definition) is 1. The summed E-state index contributed by atoms with van der Waals surface area (Å²) < 4.78 is 35.7. The summed E-state index contributed by atoms with van der Waals surface area (Å²) in [5.41, 5.74) is 0.954. The van der Waals surface area contributed by atoms with Gasteiger partial charge in [-0.25, -0.2) is 17.5 Å². The molecular formula is C18H26N2O6S. The number of sulfonamides is 1.